The molecule has 0 aliphatic heterocycles. The summed E-state index contributed by atoms with van der Waals surface area (Å²) in [5.74, 6) is 0.779. The lowest BCUT2D eigenvalue weighted by atomic mass is 10.1. The van der Waals surface area contributed by atoms with Crippen LogP contribution in [0.1, 0.15) is 21.6 Å². The van der Waals surface area contributed by atoms with Gasteiger partial charge < -0.3 is 14.6 Å². The molecule has 0 fully saturated rings. The number of carbonyl (C=O) groups excluding carboxylic acids is 1. The van der Waals surface area contributed by atoms with E-state index in [0.717, 1.165) is 11.1 Å². The van der Waals surface area contributed by atoms with Crippen molar-refractivity contribution < 1.29 is 19.4 Å². The molecule has 8 nitrogen and oxygen atoms in total. The van der Waals surface area contributed by atoms with E-state index in [1.54, 1.807) is 37.4 Å². The van der Waals surface area contributed by atoms with Gasteiger partial charge in [0.25, 0.3) is 5.91 Å². The Morgan fingerprint density at radius 3 is 2.64 bits per heavy atom. The largest absolute Gasteiger partial charge is 0.507 e. The minimum Gasteiger partial charge on any atom is -0.507 e. The number of hydrogen-bond acceptors (Lipinski definition) is 6. The first-order valence-electron chi connectivity index (χ1n) is 10.2. The number of nitrogens with one attached hydrogen (secondary N) is 2. The molecule has 1 amide bonds. The van der Waals surface area contributed by atoms with Crippen LogP contribution in [0.5, 0.6) is 17.2 Å². The standard InChI is InChI=1S/C25H22N4O4/c1-32-24-13-18(11-12-23(24)33-16-17-7-3-2-4-8-17)20-14-21(28-27-20)25(31)29-26-15-19-9-5-6-10-22(19)30/h2-15,30H,16H2,1H3,(H,27,28)(H,29,31)/b26-15+. The summed E-state index contributed by atoms with van der Waals surface area (Å²) in [5, 5.41) is 20.5. The number of phenols is 1. The van der Waals surface area contributed by atoms with Crippen molar-refractivity contribution in [2.24, 2.45) is 5.10 Å². The van der Waals surface area contributed by atoms with Crippen molar-refractivity contribution in [2.45, 2.75) is 6.61 Å². The maximum atomic E-state index is 12.4. The second kappa shape index (κ2) is 10.1. The Morgan fingerprint density at radius 2 is 1.85 bits per heavy atom. The predicted molar refractivity (Wildman–Crippen MR) is 125 cm³/mol. The zero-order valence-corrected chi connectivity index (χ0v) is 17.9. The fourth-order valence-electron chi connectivity index (χ4n) is 3.08. The van der Waals surface area contributed by atoms with Crippen LogP contribution < -0.4 is 14.9 Å². The highest BCUT2D eigenvalue weighted by Crippen LogP contribution is 2.32. The van der Waals surface area contributed by atoms with Crippen LogP contribution in [0.2, 0.25) is 0 Å². The van der Waals surface area contributed by atoms with Crippen molar-refractivity contribution in [3.63, 3.8) is 0 Å². The van der Waals surface area contributed by atoms with Crippen molar-refractivity contribution in [1.29, 1.82) is 0 Å². The first-order chi connectivity index (χ1) is 16.1. The molecule has 0 atom stereocenters. The summed E-state index contributed by atoms with van der Waals surface area (Å²) >= 11 is 0. The molecule has 0 unspecified atom stereocenters. The van der Waals surface area contributed by atoms with E-state index < -0.39 is 5.91 Å². The van der Waals surface area contributed by atoms with Gasteiger partial charge >= 0.3 is 0 Å². The lowest BCUT2D eigenvalue weighted by Crippen LogP contribution is -2.18. The number of carbonyl (C=O) groups is 1. The minimum absolute atomic E-state index is 0.0736. The smallest absolute Gasteiger partial charge is 0.289 e. The molecule has 8 heteroatoms. The normalized spacial score (nSPS) is 10.8. The second-order valence-corrected chi connectivity index (χ2v) is 7.06. The predicted octanol–water partition coefficient (Wildman–Crippen LogP) is 4.13. The van der Waals surface area contributed by atoms with Gasteiger partial charge in [-0.05, 0) is 42.0 Å². The molecule has 0 aliphatic rings. The Hall–Kier alpha value is -4.59. The van der Waals surface area contributed by atoms with Gasteiger partial charge in [-0.1, -0.05) is 42.5 Å². The molecule has 4 aromatic rings. The van der Waals surface area contributed by atoms with Crippen LogP contribution in [0.3, 0.4) is 0 Å². The van der Waals surface area contributed by atoms with Crippen molar-refractivity contribution in [2.75, 3.05) is 7.11 Å². The van der Waals surface area contributed by atoms with Crippen LogP contribution >= 0.6 is 0 Å². The Labute approximate surface area is 190 Å². The van der Waals surface area contributed by atoms with Crippen molar-refractivity contribution in [3.8, 4) is 28.5 Å². The number of para-hydroxylation sites is 1. The number of hydrogen-bond donors (Lipinski definition) is 3. The SMILES string of the molecule is COc1cc(-c2cc(C(=O)N/N=C/c3ccccc3O)[nH]n2)ccc1OCc1ccccc1. The first kappa shape index (κ1) is 21.6. The summed E-state index contributed by atoms with van der Waals surface area (Å²) in [6, 6.07) is 23.6. The number of H-pyrrole nitrogens is 1. The molecule has 33 heavy (non-hydrogen) atoms. The van der Waals surface area contributed by atoms with Gasteiger partial charge in [-0.3, -0.25) is 9.89 Å². The van der Waals surface area contributed by atoms with E-state index in [-0.39, 0.29) is 11.4 Å². The van der Waals surface area contributed by atoms with Gasteiger partial charge in [0.05, 0.1) is 19.0 Å². The van der Waals surface area contributed by atoms with E-state index in [0.29, 0.717) is 29.4 Å². The lowest BCUT2D eigenvalue weighted by molar-refractivity contribution is 0.0950. The second-order valence-electron chi connectivity index (χ2n) is 7.06. The molecule has 1 heterocycles. The highest BCUT2D eigenvalue weighted by atomic mass is 16.5. The summed E-state index contributed by atoms with van der Waals surface area (Å²) < 4.78 is 11.4. The molecule has 3 aromatic carbocycles. The monoisotopic (exact) mass is 442 g/mol. The number of aromatic hydroxyl groups is 1. The fourth-order valence-corrected chi connectivity index (χ4v) is 3.08. The summed E-state index contributed by atoms with van der Waals surface area (Å²) in [6.45, 7) is 0.421. The molecule has 0 aliphatic carbocycles. The lowest BCUT2D eigenvalue weighted by Gasteiger charge is -2.11. The van der Waals surface area contributed by atoms with Gasteiger partial charge in [0.15, 0.2) is 11.5 Å². The summed E-state index contributed by atoms with van der Waals surface area (Å²) in [4.78, 5) is 12.4. The van der Waals surface area contributed by atoms with Crippen LogP contribution in [0.4, 0.5) is 0 Å². The molecule has 1 aromatic heterocycles. The number of aromatic nitrogens is 2. The maximum Gasteiger partial charge on any atom is 0.289 e. The van der Waals surface area contributed by atoms with E-state index >= 15 is 0 Å². The van der Waals surface area contributed by atoms with E-state index in [1.165, 1.54) is 12.3 Å². The van der Waals surface area contributed by atoms with Crippen molar-refractivity contribution in [1.82, 2.24) is 15.6 Å². The maximum absolute atomic E-state index is 12.4. The Bertz CT molecular complexity index is 1270. The average Bonchev–Trinajstić information content (AvgIpc) is 3.35. The molecular weight excluding hydrogens is 420 g/mol. The fraction of sp³-hybridized carbons (Fsp3) is 0.0800. The number of ether oxygens (including phenoxy) is 2. The number of benzene rings is 3. The topological polar surface area (TPSA) is 109 Å². The molecule has 0 radical (unpaired) electrons. The number of nitrogens with zero attached hydrogens (tertiary/aromatic N) is 2. The van der Waals surface area contributed by atoms with E-state index in [9.17, 15) is 9.90 Å². The molecule has 3 N–H and O–H groups in total. The van der Waals surface area contributed by atoms with Crippen LogP contribution in [0, 0.1) is 0 Å². The number of aromatic amines is 1. The number of methoxy groups -OCH3 is 1. The number of rotatable bonds is 8. The van der Waals surface area contributed by atoms with Crippen LogP contribution in [-0.2, 0) is 6.61 Å². The summed E-state index contributed by atoms with van der Waals surface area (Å²) in [7, 11) is 1.57. The van der Waals surface area contributed by atoms with Gasteiger partial charge in [-0.2, -0.15) is 10.2 Å². The molecular formula is C25H22N4O4. The third kappa shape index (κ3) is 5.37. The zero-order valence-electron chi connectivity index (χ0n) is 17.9. The number of hydrazone groups is 1. The third-order valence-corrected chi connectivity index (χ3v) is 4.83. The third-order valence-electron chi connectivity index (χ3n) is 4.83. The summed E-state index contributed by atoms with van der Waals surface area (Å²) in [6.07, 6.45) is 1.36. The Morgan fingerprint density at radius 1 is 1.06 bits per heavy atom. The Kier molecular flexibility index (Phi) is 6.65. The van der Waals surface area contributed by atoms with E-state index in [2.05, 4.69) is 20.7 Å². The Balaban J connectivity index is 1.43. The zero-order chi connectivity index (χ0) is 23.0. The van der Waals surface area contributed by atoms with Gasteiger partial charge in [0.2, 0.25) is 0 Å². The van der Waals surface area contributed by atoms with Crippen LogP contribution in [0.25, 0.3) is 11.3 Å². The molecule has 0 saturated carbocycles. The molecule has 166 valence electrons. The number of phenolic OH excluding ortho intramolecular Hbond substituents is 1. The van der Waals surface area contributed by atoms with E-state index in [4.69, 9.17) is 9.47 Å². The summed E-state index contributed by atoms with van der Waals surface area (Å²) in [5.41, 5.74) is 5.51. The quantitative estimate of drug-likeness (QED) is 0.281. The van der Waals surface area contributed by atoms with Crippen molar-refractivity contribution in [3.05, 3.63) is 95.7 Å². The van der Waals surface area contributed by atoms with Crippen molar-refractivity contribution >= 4 is 12.1 Å². The molecule has 4 rings (SSSR count). The van der Waals surface area contributed by atoms with E-state index in [1.807, 2.05) is 42.5 Å². The van der Waals surface area contributed by atoms with Crippen LogP contribution in [0.15, 0.2) is 84.0 Å². The number of amides is 1. The van der Waals surface area contributed by atoms with Gasteiger partial charge in [0, 0.05) is 11.1 Å². The highest BCUT2D eigenvalue weighted by molar-refractivity contribution is 5.94. The molecule has 0 saturated heterocycles. The first-order valence-corrected chi connectivity index (χ1v) is 10.2. The van der Waals surface area contributed by atoms with Crippen LogP contribution in [-0.4, -0.2) is 34.5 Å². The average molecular weight is 442 g/mol. The highest BCUT2D eigenvalue weighted by Gasteiger charge is 2.13. The van der Waals surface area contributed by atoms with Gasteiger partial charge in [-0.25, -0.2) is 5.43 Å². The van der Waals surface area contributed by atoms with Gasteiger partial charge in [0.1, 0.15) is 18.1 Å². The molecule has 0 bridgehead atoms. The van der Waals surface area contributed by atoms with Gasteiger partial charge in [-0.15, -0.1) is 0 Å². The molecule has 0 spiro atoms. The minimum atomic E-state index is -0.463.